The van der Waals surface area contributed by atoms with E-state index >= 15 is 4.39 Å². The van der Waals surface area contributed by atoms with E-state index in [0.717, 1.165) is 17.4 Å². The summed E-state index contributed by atoms with van der Waals surface area (Å²) < 4.78 is 30.4. The number of fused-ring (bicyclic) bond motifs is 1. The maximum absolute atomic E-state index is 15.1. The predicted molar refractivity (Wildman–Crippen MR) is 95.8 cm³/mol. The summed E-state index contributed by atoms with van der Waals surface area (Å²) in [6, 6.07) is 5.65. The molecule has 0 spiro atoms. The van der Waals surface area contributed by atoms with E-state index in [0.29, 0.717) is 25.0 Å². The number of carbonyl (C=O) groups is 1. The number of nitrogens with zero attached hydrogens (tertiary/aromatic N) is 4. The molecule has 5 nitrogen and oxygen atoms in total. The van der Waals surface area contributed by atoms with Crippen molar-refractivity contribution in [3.63, 3.8) is 0 Å². The minimum Gasteiger partial charge on any atom is -0.293 e. The van der Waals surface area contributed by atoms with Crippen molar-refractivity contribution in [2.45, 2.75) is 19.8 Å². The molecule has 1 aliphatic carbocycles. The second kappa shape index (κ2) is 6.40. The molecule has 0 amide bonds. The Kier molecular flexibility index (Phi) is 4.04. The molecule has 0 bridgehead atoms. The van der Waals surface area contributed by atoms with Gasteiger partial charge in [0.2, 0.25) is 0 Å². The smallest absolute Gasteiger partial charge is 0.183 e. The molecular weight excluding hydrogens is 350 g/mol. The van der Waals surface area contributed by atoms with Crippen molar-refractivity contribution in [3.8, 4) is 11.8 Å². The molecule has 0 unspecified atom stereocenters. The number of hydrogen-bond acceptors (Lipinski definition) is 4. The molecule has 2 aliphatic rings. The summed E-state index contributed by atoms with van der Waals surface area (Å²) in [7, 11) is 0. The standard InChI is InChI=1S/C20H14F2N4O/c1-11(27)19-18(22)20(13-3-5-17-12(8-13)6-7-24-17)26(25-19)15-4-2-14(10-23)16(21)9-15/h2,4,6,8-9H,3,5,7H2,1H3. The Balaban J connectivity index is 1.91. The Hall–Kier alpha value is -3.40. The van der Waals surface area contributed by atoms with Crippen molar-refractivity contribution in [1.82, 2.24) is 9.78 Å². The third kappa shape index (κ3) is 2.79. The van der Waals surface area contributed by atoms with E-state index < -0.39 is 17.4 Å². The van der Waals surface area contributed by atoms with Gasteiger partial charge in [0.25, 0.3) is 0 Å². The van der Waals surface area contributed by atoms with Gasteiger partial charge in [-0.2, -0.15) is 10.4 Å². The molecular formula is C20H14F2N4O. The van der Waals surface area contributed by atoms with Gasteiger partial charge in [-0.25, -0.2) is 13.5 Å². The van der Waals surface area contributed by atoms with Crippen LogP contribution in [0.4, 0.5) is 8.78 Å². The van der Waals surface area contributed by atoms with Gasteiger partial charge in [-0.1, -0.05) is 6.08 Å². The van der Waals surface area contributed by atoms with Gasteiger partial charge >= 0.3 is 0 Å². The Labute approximate surface area is 153 Å². The van der Waals surface area contributed by atoms with Crippen LogP contribution in [0.3, 0.4) is 0 Å². The number of aromatic nitrogens is 2. The average molecular weight is 364 g/mol. The molecule has 1 aliphatic heterocycles. The molecule has 7 heteroatoms. The average Bonchev–Trinajstić information content (AvgIpc) is 3.25. The number of carbonyl (C=O) groups excluding carboxylic acids is 1. The summed E-state index contributed by atoms with van der Waals surface area (Å²) in [6.45, 7) is 1.84. The highest BCUT2D eigenvalue weighted by Crippen LogP contribution is 2.34. The van der Waals surface area contributed by atoms with Crippen LogP contribution < -0.4 is 0 Å². The minimum absolute atomic E-state index is 0.117. The molecule has 2 aromatic rings. The molecule has 4 rings (SSSR count). The Morgan fingerprint density at radius 2 is 2.11 bits per heavy atom. The largest absolute Gasteiger partial charge is 0.293 e. The Morgan fingerprint density at radius 1 is 1.30 bits per heavy atom. The SMILES string of the molecule is CC(=O)c1nn(-c2ccc(C#N)c(F)c2)c(C2=CC3=CCN=C3CC2)c1F. The van der Waals surface area contributed by atoms with E-state index in [2.05, 4.69) is 10.1 Å². The number of aliphatic imine (C=N–C) groups is 1. The number of nitriles is 1. The van der Waals surface area contributed by atoms with E-state index in [4.69, 9.17) is 5.26 Å². The lowest BCUT2D eigenvalue weighted by atomic mass is 9.92. The van der Waals surface area contributed by atoms with Crippen LogP contribution in [0.25, 0.3) is 11.3 Å². The molecule has 0 saturated carbocycles. The monoisotopic (exact) mass is 364 g/mol. The summed E-state index contributed by atoms with van der Waals surface area (Å²) in [6.07, 6.45) is 5.00. The zero-order chi connectivity index (χ0) is 19.1. The fourth-order valence-electron chi connectivity index (χ4n) is 3.34. The van der Waals surface area contributed by atoms with E-state index in [9.17, 15) is 9.18 Å². The second-order valence-corrected chi connectivity index (χ2v) is 6.37. The van der Waals surface area contributed by atoms with Crippen LogP contribution >= 0.6 is 0 Å². The molecule has 0 fully saturated rings. The number of rotatable bonds is 3. The molecule has 0 radical (unpaired) electrons. The molecule has 0 N–H and O–H groups in total. The van der Waals surface area contributed by atoms with Crippen LogP contribution in [0.5, 0.6) is 0 Å². The maximum Gasteiger partial charge on any atom is 0.183 e. The zero-order valence-electron chi connectivity index (χ0n) is 14.5. The first-order chi connectivity index (χ1) is 13.0. The van der Waals surface area contributed by atoms with Crippen LogP contribution in [0.1, 0.15) is 41.5 Å². The molecule has 134 valence electrons. The first-order valence-electron chi connectivity index (χ1n) is 8.44. The van der Waals surface area contributed by atoms with Crippen molar-refractivity contribution in [1.29, 1.82) is 5.26 Å². The third-order valence-electron chi connectivity index (χ3n) is 4.67. The fourth-order valence-corrected chi connectivity index (χ4v) is 3.34. The normalized spacial score (nSPS) is 15.6. The van der Waals surface area contributed by atoms with Crippen molar-refractivity contribution in [2.24, 2.45) is 4.99 Å². The quantitative estimate of drug-likeness (QED) is 0.778. The lowest BCUT2D eigenvalue weighted by Gasteiger charge is -2.17. The third-order valence-corrected chi connectivity index (χ3v) is 4.67. The zero-order valence-corrected chi connectivity index (χ0v) is 14.5. The van der Waals surface area contributed by atoms with Gasteiger partial charge in [0, 0.05) is 18.7 Å². The molecule has 0 atom stereocenters. The van der Waals surface area contributed by atoms with E-state index in [1.165, 1.54) is 23.7 Å². The molecule has 1 aromatic heterocycles. The van der Waals surface area contributed by atoms with Gasteiger partial charge in [-0.05, 0) is 42.2 Å². The molecule has 27 heavy (non-hydrogen) atoms. The number of hydrogen-bond donors (Lipinski definition) is 0. The lowest BCUT2D eigenvalue weighted by molar-refractivity contribution is 0.100. The first-order valence-corrected chi connectivity index (χ1v) is 8.44. The molecule has 0 saturated heterocycles. The summed E-state index contributed by atoms with van der Waals surface area (Å²) in [5.41, 5.74) is 2.57. The summed E-state index contributed by atoms with van der Waals surface area (Å²) in [4.78, 5) is 16.2. The van der Waals surface area contributed by atoms with Crippen LogP contribution in [-0.2, 0) is 0 Å². The van der Waals surface area contributed by atoms with Crippen LogP contribution in [0, 0.1) is 23.0 Å². The number of benzene rings is 1. The van der Waals surface area contributed by atoms with Crippen molar-refractivity contribution >= 4 is 17.1 Å². The highest BCUT2D eigenvalue weighted by atomic mass is 19.1. The van der Waals surface area contributed by atoms with E-state index in [1.54, 1.807) is 6.07 Å². The second-order valence-electron chi connectivity index (χ2n) is 6.37. The van der Waals surface area contributed by atoms with Crippen LogP contribution in [0.15, 0.2) is 40.9 Å². The highest BCUT2D eigenvalue weighted by molar-refractivity contribution is 6.08. The van der Waals surface area contributed by atoms with Crippen molar-refractivity contribution in [2.75, 3.05) is 6.54 Å². The lowest BCUT2D eigenvalue weighted by Crippen LogP contribution is -2.10. The maximum atomic E-state index is 15.1. The van der Waals surface area contributed by atoms with E-state index in [1.807, 2.05) is 12.2 Å². The minimum atomic E-state index is -0.730. The van der Waals surface area contributed by atoms with Gasteiger partial charge < -0.3 is 0 Å². The van der Waals surface area contributed by atoms with Crippen LogP contribution in [-0.4, -0.2) is 27.8 Å². The Morgan fingerprint density at radius 3 is 2.81 bits per heavy atom. The predicted octanol–water partition coefficient (Wildman–Crippen LogP) is 3.78. The highest BCUT2D eigenvalue weighted by Gasteiger charge is 2.27. The topological polar surface area (TPSA) is 71.0 Å². The molecule has 2 heterocycles. The number of ketones is 1. The van der Waals surface area contributed by atoms with Gasteiger partial charge in [-0.3, -0.25) is 9.79 Å². The van der Waals surface area contributed by atoms with Crippen molar-refractivity contribution < 1.29 is 13.6 Å². The van der Waals surface area contributed by atoms with Gasteiger partial charge in [0.05, 0.1) is 17.8 Å². The van der Waals surface area contributed by atoms with Crippen LogP contribution in [0.2, 0.25) is 0 Å². The van der Waals surface area contributed by atoms with Gasteiger partial charge in [0.1, 0.15) is 17.6 Å². The summed E-state index contributed by atoms with van der Waals surface area (Å²) in [5, 5.41) is 13.0. The summed E-state index contributed by atoms with van der Waals surface area (Å²) in [5.74, 6) is -1.97. The Bertz CT molecular complexity index is 1120. The van der Waals surface area contributed by atoms with Gasteiger partial charge in [-0.15, -0.1) is 0 Å². The molecule has 1 aromatic carbocycles. The van der Waals surface area contributed by atoms with Gasteiger partial charge in [0.15, 0.2) is 17.3 Å². The van der Waals surface area contributed by atoms with Crippen molar-refractivity contribution in [3.05, 3.63) is 64.5 Å². The van der Waals surface area contributed by atoms with E-state index in [-0.39, 0.29) is 22.6 Å². The number of Topliss-reactive ketones (excluding diaryl/α,β-unsaturated/α-hetero) is 1. The number of halogens is 2. The number of allylic oxidation sites excluding steroid dienone is 3. The summed E-state index contributed by atoms with van der Waals surface area (Å²) >= 11 is 0. The first kappa shape index (κ1) is 17.0. The fraction of sp³-hybridized carbons (Fsp3) is 0.200.